The number of phenols is 1. The van der Waals surface area contributed by atoms with Crippen LogP contribution in [0, 0.1) is 17.3 Å². The predicted octanol–water partition coefficient (Wildman–Crippen LogP) is 3.88. The molecule has 6 atom stereocenters. The Kier molecular flexibility index (Phi) is 5.69. The molecule has 4 bridgehead atoms. The van der Waals surface area contributed by atoms with E-state index in [2.05, 4.69) is 16.3 Å². The Balaban J connectivity index is 1.22. The zero-order chi connectivity index (χ0) is 26.3. The lowest BCUT2D eigenvalue weighted by atomic mass is 9.35. The molecule has 2 heterocycles. The molecule has 7 aliphatic rings. The number of hydrogen-bond acceptors (Lipinski definition) is 6. The quantitative estimate of drug-likeness (QED) is 0.454. The van der Waals surface area contributed by atoms with Crippen LogP contribution in [0.2, 0.25) is 0 Å². The summed E-state index contributed by atoms with van der Waals surface area (Å²) in [5.74, 6) is 2.19. The number of likely N-dealkylation sites (tertiary alicyclic amines) is 1. The summed E-state index contributed by atoms with van der Waals surface area (Å²) in [7, 11) is 1.82. The molecule has 0 aromatic heterocycles. The van der Waals surface area contributed by atoms with Crippen LogP contribution in [0.15, 0.2) is 12.1 Å². The minimum absolute atomic E-state index is 0.0585. The fraction of sp³-hybridized carbons (Fsp3) is 0.742. The van der Waals surface area contributed by atoms with Crippen molar-refractivity contribution in [2.75, 3.05) is 26.7 Å². The molecule has 2 spiro atoms. The van der Waals surface area contributed by atoms with Crippen molar-refractivity contribution in [3.63, 3.8) is 0 Å². The summed E-state index contributed by atoms with van der Waals surface area (Å²) in [4.78, 5) is 26.9. The number of amides is 1. The van der Waals surface area contributed by atoms with Gasteiger partial charge in [0.05, 0.1) is 0 Å². The van der Waals surface area contributed by atoms with Crippen LogP contribution < -0.4 is 10.1 Å². The first-order chi connectivity index (χ1) is 18.3. The number of carbonyl (C=O) groups excluding carboxylic acids is 2. The Morgan fingerprint density at radius 3 is 2.76 bits per heavy atom. The lowest BCUT2D eigenvalue weighted by molar-refractivity contribution is -0.276. The van der Waals surface area contributed by atoms with Gasteiger partial charge in [-0.3, -0.25) is 9.69 Å². The Morgan fingerprint density at radius 2 is 2.00 bits per heavy atom. The number of benzene rings is 1. The number of aromatic hydroxyl groups is 1. The van der Waals surface area contributed by atoms with Gasteiger partial charge in [-0.25, -0.2) is 0 Å². The minimum Gasteiger partial charge on any atom is -0.504 e. The van der Waals surface area contributed by atoms with E-state index in [0.717, 1.165) is 57.4 Å². The number of unbranched alkanes of at least 4 members (excludes halogenated alkanes) is 1. The molecule has 1 saturated heterocycles. The van der Waals surface area contributed by atoms with Gasteiger partial charge in [-0.2, -0.15) is 0 Å². The summed E-state index contributed by atoms with van der Waals surface area (Å²) in [6.45, 7) is 4.47. The fourth-order valence-corrected chi connectivity index (χ4v) is 9.77. The third-order valence-electron chi connectivity index (χ3n) is 11.5. The topological polar surface area (TPSA) is 88.1 Å². The molecule has 2 N–H and O–H groups in total. The number of nitrogens with zero attached hydrogens (tertiary/aromatic N) is 1. The second kappa shape index (κ2) is 8.69. The number of piperidine rings is 1. The highest BCUT2D eigenvalue weighted by Crippen LogP contribution is 2.76. The van der Waals surface area contributed by atoms with E-state index in [9.17, 15) is 14.7 Å². The van der Waals surface area contributed by atoms with Gasteiger partial charge in [0.2, 0.25) is 5.91 Å². The van der Waals surface area contributed by atoms with Gasteiger partial charge in [0.1, 0.15) is 17.5 Å². The summed E-state index contributed by atoms with van der Waals surface area (Å²) in [6.07, 6.45) is 10.2. The van der Waals surface area contributed by atoms with Crippen LogP contribution in [-0.2, 0) is 26.2 Å². The van der Waals surface area contributed by atoms with Gasteiger partial charge < -0.3 is 24.7 Å². The van der Waals surface area contributed by atoms with Gasteiger partial charge in [-0.15, -0.1) is 0 Å². The maximum absolute atomic E-state index is 12.8. The molecule has 1 amide bonds. The van der Waals surface area contributed by atoms with Gasteiger partial charge in [-0.1, -0.05) is 6.07 Å². The monoisotopic (exact) mass is 522 g/mol. The van der Waals surface area contributed by atoms with E-state index in [-0.39, 0.29) is 40.3 Å². The highest BCUT2D eigenvalue weighted by Gasteiger charge is 2.80. The van der Waals surface area contributed by atoms with E-state index >= 15 is 0 Å². The van der Waals surface area contributed by atoms with Gasteiger partial charge in [0, 0.05) is 61.4 Å². The maximum Gasteiger partial charge on any atom is 0.220 e. The van der Waals surface area contributed by atoms with Crippen molar-refractivity contribution in [2.24, 2.45) is 17.3 Å². The minimum atomic E-state index is -0.493. The Bertz CT molecular complexity index is 1170. The number of methoxy groups -OCH3 is 1. The van der Waals surface area contributed by atoms with Crippen molar-refractivity contribution in [1.82, 2.24) is 10.2 Å². The fourth-order valence-electron chi connectivity index (χ4n) is 9.77. The molecule has 1 aromatic rings. The van der Waals surface area contributed by atoms with Crippen molar-refractivity contribution in [2.45, 2.75) is 101 Å². The average molecular weight is 523 g/mol. The summed E-state index contributed by atoms with van der Waals surface area (Å²) in [5.41, 5.74) is 2.06. The third-order valence-corrected chi connectivity index (χ3v) is 11.5. The number of hydrogen-bond donors (Lipinski definition) is 2. The van der Waals surface area contributed by atoms with Gasteiger partial charge in [0.25, 0.3) is 0 Å². The summed E-state index contributed by atoms with van der Waals surface area (Å²) >= 11 is 0. The van der Waals surface area contributed by atoms with Crippen molar-refractivity contribution < 1.29 is 24.2 Å². The van der Waals surface area contributed by atoms with Crippen LogP contribution in [0.25, 0.3) is 0 Å². The van der Waals surface area contributed by atoms with Crippen LogP contribution in [-0.4, -0.2) is 66.2 Å². The van der Waals surface area contributed by atoms with Gasteiger partial charge in [0.15, 0.2) is 11.5 Å². The highest BCUT2D eigenvalue weighted by molar-refractivity contribution is 5.77. The van der Waals surface area contributed by atoms with Crippen LogP contribution in [0.4, 0.5) is 0 Å². The lowest BCUT2D eigenvalue weighted by Crippen LogP contribution is -2.81. The molecule has 38 heavy (non-hydrogen) atoms. The molecule has 7 heteroatoms. The molecule has 3 unspecified atom stereocenters. The summed E-state index contributed by atoms with van der Waals surface area (Å²) in [5, 5.41) is 14.2. The number of nitrogens with one attached hydrogen (secondary N) is 1. The first kappa shape index (κ1) is 24.9. The Hall–Kier alpha value is -2.12. The first-order valence-electron chi connectivity index (χ1n) is 14.9. The molecule has 4 saturated carbocycles. The third kappa shape index (κ3) is 3.27. The van der Waals surface area contributed by atoms with E-state index in [1.54, 1.807) is 6.92 Å². The molecular formula is C31H42N2O5. The van der Waals surface area contributed by atoms with Crippen molar-refractivity contribution in [3.8, 4) is 11.5 Å². The number of Topliss-reactive ketones (excluding diaryl/α,β-unsaturated/α-hetero) is 1. The van der Waals surface area contributed by atoms with Crippen LogP contribution in [0.1, 0.15) is 82.3 Å². The Labute approximate surface area is 225 Å². The predicted molar refractivity (Wildman–Crippen MR) is 142 cm³/mol. The summed E-state index contributed by atoms with van der Waals surface area (Å²) < 4.78 is 13.4. The number of rotatable bonds is 10. The largest absolute Gasteiger partial charge is 0.504 e. The number of carbonyl (C=O) groups is 2. The SMILES string of the molecule is COC12CC[C@@]3(CC1CNC(=O)CCCCC(C)=O)[C@H]1Cc4ccc(O)c5c4[C@@]3(CCN1CC1CC1)C2O5. The van der Waals surface area contributed by atoms with E-state index in [4.69, 9.17) is 9.47 Å². The molecule has 2 aliphatic heterocycles. The van der Waals surface area contributed by atoms with Crippen LogP contribution >= 0.6 is 0 Å². The van der Waals surface area contributed by atoms with Crippen LogP contribution in [0.5, 0.6) is 11.5 Å². The molecule has 206 valence electrons. The standard InChI is InChI=1S/C31H42N2O5/c1-19(34)5-3-4-6-25(36)32-17-22-16-29-11-12-31(22,37-2)28-30(29)13-14-33(18-20-7-8-20)24(29)15-21-9-10-23(35)27(38-28)26(21)30/h9-10,20,22,24,28,35H,3-8,11-18H2,1-2H3,(H,32,36)/t22?,24-,28?,29-,30+,31?/m1/s1. The second-order valence-electron chi connectivity index (χ2n) is 13.3. The van der Waals surface area contributed by atoms with E-state index in [1.807, 2.05) is 13.2 Å². The Morgan fingerprint density at radius 1 is 1.18 bits per heavy atom. The average Bonchev–Trinajstić information content (AvgIpc) is 3.65. The number of phenolic OH excluding ortho intramolecular Hbond substituents is 1. The lowest BCUT2D eigenvalue weighted by Gasteiger charge is -2.74. The van der Waals surface area contributed by atoms with Crippen molar-refractivity contribution in [3.05, 3.63) is 23.3 Å². The molecule has 0 radical (unpaired) electrons. The van der Waals surface area contributed by atoms with E-state index in [0.29, 0.717) is 31.2 Å². The van der Waals surface area contributed by atoms with Crippen molar-refractivity contribution in [1.29, 1.82) is 0 Å². The molecule has 5 aliphatic carbocycles. The van der Waals surface area contributed by atoms with E-state index < -0.39 is 5.60 Å². The first-order valence-corrected chi connectivity index (χ1v) is 14.9. The summed E-state index contributed by atoms with van der Waals surface area (Å²) in [6, 6.07) is 4.44. The molecule has 7 nitrogen and oxygen atoms in total. The normalized spacial score (nSPS) is 38.0. The smallest absolute Gasteiger partial charge is 0.220 e. The van der Waals surface area contributed by atoms with Crippen molar-refractivity contribution >= 4 is 11.7 Å². The zero-order valence-electron chi connectivity index (χ0n) is 22.9. The molecule has 5 fully saturated rings. The zero-order valence-corrected chi connectivity index (χ0v) is 22.9. The van der Waals surface area contributed by atoms with Gasteiger partial charge in [-0.05, 0) is 88.8 Å². The molecule has 1 aromatic carbocycles. The number of ether oxygens (including phenoxy) is 2. The number of fused-ring (bicyclic) bond motifs is 2. The van der Waals surface area contributed by atoms with Crippen LogP contribution in [0.3, 0.4) is 0 Å². The van der Waals surface area contributed by atoms with Gasteiger partial charge >= 0.3 is 0 Å². The molecule has 8 rings (SSSR count). The number of ketones is 1. The highest BCUT2D eigenvalue weighted by atomic mass is 16.6. The molecular weight excluding hydrogens is 480 g/mol. The maximum atomic E-state index is 12.8. The van der Waals surface area contributed by atoms with E-state index in [1.165, 1.54) is 30.5 Å². The second-order valence-corrected chi connectivity index (χ2v) is 13.3.